The number of anilines is 1. The molecule has 2 nitrogen and oxygen atoms in total. The maximum atomic E-state index is 13.5. The second kappa shape index (κ2) is 6.50. The standard InChI is InChI=1S/C24H25Cl2NO/c1-15-2-4-18(5-3-15)23-10-16-8-17(11-23)13-24(12-16,14-23)22(28)27-21-7-6-19(25)9-20(21)26/h2-7,9,16-17H,8,10-14H2,1H3,(H,27,28)/t16-,17-,23?,24?/m0/s1. The number of nitrogens with one attached hydrogen (secondary N) is 1. The highest BCUT2D eigenvalue weighted by Crippen LogP contribution is 2.66. The van der Waals surface area contributed by atoms with Crippen LogP contribution in [0.2, 0.25) is 10.0 Å². The first-order chi connectivity index (χ1) is 13.4. The van der Waals surface area contributed by atoms with Gasteiger partial charge in [-0.25, -0.2) is 0 Å². The maximum Gasteiger partial charge on any atom is 0.230 e. The second-order valence-electron chi connectivity index (χ2n) is 9.47. The highest BCUT2D eigenvalue weighted by atomic mass is 35.5. The molecule has 0 unspecified atom stereocenters. The summed E-state index contributed by atoms with van der Waals surface area (Å²) < 4.78 is 0. The van der Waals surface area contributed by atoms with Crippen LogP contribution in [0.15, 0.2) is 42.5 Å². The van der Waals surface area contributed by atoms with Gasteiger partial charge in [-0.3, -0.25) is 4.79 Å². The van der Waals surface area contributed by atoms with E-state index in [-0.39, 0.29) is 16.7 Å². The lowest BCUT2D eigenvalue weighted by molar-refractivity contribution is -0.143. The Kier molecular flexibility index (Phi) is 4.30. The zero-order chi connectivity index (χ0) is 19.5. The monoisotopic (exact) mass is 413 g/mol. The average Bonchev–Trinajstić information content (AvgIpc) is 2.63. The summed E-state index contributed by atoms with van der Waals surface area (Å²) in [4.78, 5) is 13.5. The molecule has 0 radical (unpaired) electrons. The molecule has 28 heavy (non-hydrogen) atoms. The van der Waals surface area contributed by atoms with Crippen molar-refractivity contribution in [1.29, 1.82) is 0 Å². The lowest BCUT2D eigenvalue weighted by Gasteiger charge is -2.61. The van der Waals surface area contributed by atoms with E-state index < -0.39 is 0 Å². The van der Waals surface area contributed by atoms with E-state index in [1.807, 2.05) is 0 Å². The van der Waals surface area contributed by atoms with Crippen molar-refractivity contribution >= 4 is 34.8 Å². The topological polar surface area (TPSA) is 29.1 Å². The SMILES string of the molecule is Cc1ccc(C23C[C@@H]4C[C@H](CC(C(=O)Nc5ccc(Cl)cc5Cl)(C4)C2)C3)cc1. The zero-order valence-corrected chi connectivity index (χ0v) is 17.6. The van der Waals surface area contributed by atoms with Crippen molar-refractivity contribution in [2.45, 2.75) is 50.9 Å². The van der Waals surface area contributed by atoms with Crippen LogP contribution in [0.3, 0.4) is 0 Å². The Bertz CT molecular complexity index is 922. The molecule has 0 aromatic heterocycles. The number of amides is 1. The van der Waals surface area contributed by atoms with Gasteiger partial charge in [-0.05, 0) is 86.5 Å². The molecule has 146 valence electrons. The summed E-state index contributed by atoms with van der Waals surface area (Å²) in [5, 5.41) is 4.22. The molecule has 4 fully saturated rings. The zero-order valence-electron chi connectivity index (χ0n) is 16.1. The first-order valence-corrected chi connectivity index (χ1v) is 11.0. The van der Waals surface area contributed by atoms with Crippen LogP contribution < -0.4 is 5.32 Å². The number of hydrogen-bond acceptors (Lipinski definition) is 1. The lowest BCUT2D eigenvalue weighted by atomic mass is 9.42. The van der Waals surface area contributed by atoms with Crippen molar-refractivity contribution < 1.29 is 4.79 Å². The van der Waals surface area contributed by atoms with Crippen molar-refractivity contribution in [2.24, 2.45) is 17.3 Å². The third kappa shape index (κ3) is 2.97. The molecule has 4 aliphatic carbocycles. The van der Waals surface area contributed by atoms with Gasteiger partial charge in [-0.1, -0.05) is 53.0 Å². The number of halogens is 2. The predicted molar refractivity (Wildman–Crippen MR) is 115 cm³/mol. The molecule has 2 aromatic rings. The summed E-state index contributed by atoms with van der Waals surface area (Å²) in [5.41, 5.74) is 3.25. The van der Waals surface area contributed by atoms with Gasteiger partial charge in [0.05, 0.1) is 16.1 Å². The van der Waals surface area contributed by atoms with Crippen LogP contribution in [0.5, 0.6) is 0 Å². The van der Waals surface area contributed by atoms with Crippen LogP contribution in [0, 0.1) is 24.2 Å². The Balaban J connectivity index is 1.47. The van der Waals surface area contributed by atoms with Crippen molar-refractivity contribution in [3.05, 3.63) is 63.6 Å². The molecular weight excluding hydrogens is 389 g/mol. The van der Waals surface area contributed by atoms with Gasteiger partial charge >= 0.3 is 0 Å². The van der Waals surface area contributed by atoms with E-state index in [1.165, 1.54) is 30.4 Å². The molecule has 2 atom stereocenters. The normalized spacial score (nSPS) is 33.1. The smallest absolute Gasteiger partial charge is 0.230 e. The molecule has 2 aromatic carbocycles. The number of benzene rings is 2. The Morgan fingerprint density at radius 1 is 1.00 bits per heavy atom. The molecule has 1 amide bonds. The molecule has 1 N–H and O–H groups in total. The van der Waals surface area contributed by atoms with Crippen LogP contribution in [0.25, 0.3) is 0 Å². The van der Waals surface area contributed by atoms with E-state index in [9.17, 15) is 4.79 Å². The van der Waals surface area contributed by atoms with E-state index in [1.54, 1.807) is 18.2 Å². The van der Waals surface area contributed by atoms with E-state index in [4.69, 9.17) is 23.2 Å². The van der Waals surface area contributed by atoms with E-state index in [2.05, 4.69) is 36.5 Å². The number of carbonyl (C=O) groups is 1. The lowest BCUT2D eigenvalue weighted by Crippen LogP contribution is -2.58. The summed E-state index contributed by atoms with van der Waals surface area (Å²) in [5.74, 6) is 1.44. The highest BCUT2D eigenvalue weighted by Gasteiger charge is 2.60. The van der Waals surface area contributed by atoms with Crippen LogP contribution in [0.1, 0.15) is 49.7 Å². The molecule has 4 heteroatoms. The first-order valence-electron chi connectivity index (χ1n) is 10.2. The Hall–Kier alpha value is -1.51. The fourth-order valence-electron chi connectivity index (χ4n) is 6.62. The number of rotatable bonds is 3. The van der Waals surface area contributed by atoms with E-state index in [0.29, 0.717) is 27.6 Å². The minimum Gasteiger partial charge on any atom is -0.324 e. The summed E-state index contributed by atoms with van der Waals surface area (Å²) in [7, 11) is 0. The molecule has 0 aliphatic heterocycles. The molecule has 0 spiro atoms. The van der Waals surface area contributed by atoms with E-state index >= 15 is 0 Å². The summed E-state index contributed by atoms with van der Waals surface area (Å²) in [6.07, 6.45) is 6.70. The van der Waals surface area contributed by atoms with Crippen molar-refractivity contribution in [3.8, 4) is 0 Å². The van der Waals surface area contributed by atoms with Gasteiger partial charge in [-0.15, -0.1) is 0 Å². The summed E-state index contributed by atoms with van der Waals surface area (Å²) >= 11 is 12.3. The number of aryl methyl sites for hydroxylation is 1. The van der Waals surface area contributed by atoms with Gasteiger partial charge in [0.15, 0.2) is 0 Å². The first kappa shape index (κ1) is 18.5. The minimum absolute atomic E-state index is 0.141. The van der Waals surface area contributed by atoms with Crippen molar-refractivity contribution in [3.63, 3.8) is 0 Å². The Morgan fingerprint density at radius 2 is 1.68 bits per heavy atom. The maximum absolute atomic E-state index is 13.5. The molecule has 0 saturated heterocycles. The third-order valence-electron chi connectivity index (χ3n) is 7.39. The molecule has 4 bridgehead atoms. The van der Waals surface area contributed by atoms with Gasteiger partial charge < -0.3 is 5.32 Å². The second-order valence-corrected chi connectivity index (χ2v) is 10.3. The van der Waals surface area contributed by atoms with Gasteiger partial charge in [0.2, 0.25) is 5.91 Å². The quantitative estimate of drug-likeness (QED) is 0.589. The molecule has 4 saturated carbocycles. The Morgan fingerprint density at radius 3 is 2.32 bits per heavy atom. The molecular formula is C24H25Cl2NO. The van der Waals surface area contributed by atoms with E-state index in [0.717, 1.165) is 19.3 Å². The van der Waals surface area contributed by atoms with Crippen LogP contribution in [0.4, 0.5) is 5.69 Å². The fraction of sp³-hybridized carbons (Fsp3) is 0.458. The largest absolute Gasteiger partial charge is 0.324 e. The van der Waals surface area contributed by atoms with Gasteiger partial charge in [0.1, 0.15) is 0 Å². The molecule has 0 heterocycles. The predicted octanol–water partition coefficient (Wildman–Crippen LogP) is 6.78. The minimum atomic E-state index is -0.280. The van der Waals surface area contributed by atoms with Gasteiger partial charge in [0.25, 0.3) is 0 Å². The Labute approximate surface area is 176 Å². The average molecular weight is 414 g/mol. The summed E-state index contributed by atoms with van der Waals surface area (Å²) in [6, 6.07) is 14.3. The number of hydrogen-bond donors (Lipinski definition) is 1. The van der Waals surface area contributed by atoms with Crippen molar-refractivity contribution in [2.75, 3.05) is 5.32 Å². The molecule has 4 aliphatic rings. The third-order valence-corrected chi connectivity index (χ3v) is 7.93. The number of carbonyl (C=O) groups excluding carboxylic acids is 1. The van der Waals surface area contributed by atoms with Crippen molar-refractivity contribution in [1.82, 2.24) is 0 Å². The van der Waals surface area contributed by atoms with Gasteiger partial charge in [-0.2, -0.15) is 0 Å². The fourth-order valence-corrected chi connectivity index (χ4v) is 7.07. The van der Waals surface area contributed by atoms with Gasteiger partial charge in [0, 0.05) is 5.02 Å². The van der Waals surface area contributed by atoms with Crippen LogP contribution >= 0.6 is 23.2 Å². The molecule has 6 rings (SSSR count). The van der Waals surface area contributed by atoms with Crippen LogP contribution in [-0.4, -0.2) is 5.91 Å². The highest BCUT2D eigenvalue weighted by molar-refractivity contribution is 6.36. The van der Waals surface area contributed by atoms with Crippen LogP contribution in [-0.2, 0) is 10.2 Å². The summed E-state index contributed by atoms with van der Waals surface area (Å²) in [6.45, 7) is 2.13.